The van der Waals surface area contributed by atoms with Crippen LogP contribution in [0.5, 0.6) is 5.75 Å². The number of anilines is 1. The Morgan fingerprint density at radius 1 is 1.19 bits per heavy atom. The van der Waals surface area contributed by atoms with Crippen LogP contribution in [0.3, 0.4) is 0 Å². The van der Waals surface area contributed by atoms with Crippen molar-refractivity contribution in [2.45, 2.75) is 13.5 Å². The fourth-order valence-electron chi connectivity index (χ4n) is 2.85. The number of hydrogen-bond donors (Lipinski definition) is 1. The standard InChI is InChI=1S/C21H14Cl2FN3O4/c1-11-6-19-25-14(9-20(28)27(19)31-11)10-30-18-8-13(22)3-5-17(18)26-21(29)12-2-4-16(24)15(23)7-12/h2-9H,10H2,1H3,(H,26,29). The van der Waals surface area contributed by atoms with Gasteiger partial charge < -0.3 is 14.6 Å². The summed E-state index contributed by atoms with van der Waals surface area (Å²) in [5.74, 6) is -0.328. The van der Waals surface area contributed by atoms with Crippen LogP contribution in [0.15, 0.2) is 57.8 Å². The highest BCUT2D eigenvalue weighted by atomic mass is 35.5. The summed E-state index contributed by atoms with van der Waals surface area (Å²) in [6.07, 6.45) is 0. The predicted octanol–water partition coefficient (Wildman–Crippen LogP) is 4.87. The average Bonchev–Trinajstić information content (AvgIpc) is 3.11. The molecule has 0 saturated carbocycles. The molecule has 0 bridgehead atoms. The van der Waals surface area contributed by atoms with Crippen LogP contribution in [0.2, 0.25) is 10.0 Å². The van der Waals surface area contributed by atoms with Crippen molar-refractivity contribution >= 4 is 40.4 Å². The minimum Gasteiger partial charge on any atom is -0.485 e. The van der Waals surface area contributed by atoms with E-state index in [0.717, 1.165) is 10.6 Å². The maximum atomic E-state index is 13.4. The Hall–Kier alpha value is -3.36. The lowest BCUT2D eigenvalue weighted by Crippen LogP contribution is -2.15. The summed E-state index contributed by atoms with van der Waals surface area (Å²) in [6, 6.07) is 11.2. The van der Waals surface area contributed by atoms with E-state index in [1.807, 2.05) is 0 Å². The monoisotopic (exact) mass is 461 g/mol. The Balaban J connectivity index is 1.56. The maximum Gasteiger partial charge on any atom is 0.287 e. The van der Waals surface area contributed by atoms with Crippen LogP contribution < -0.4 is 15.6 Å². The fourth-order valence-corrected chi connectivity index (χ4v) is 3.19. The van der Waals surface area contributed by atoms with E-state index in [0.29, 0.717) is 27.8 Å². The second-order valence-corrected chi connectivity index (χ2v) is 7.44. The van der Waals surface area contributed by atoms with Crippen LogP contribution in [0.1, 0.15) is 21.8 Å². The van der Waals surface area contributed by atoms with Gasteiger partial charge in [0.1, 0.15) is 23.9 Å². The minimum absolute atomic E-state index is 0.0540. The van der Waals surface area contributed by atoms with Crippen molar-refractivity contribution in [3.63, 3.8) is 0 Å². The number of benzene rings is 2. The average molecular weight is 462 g/mol. The molecule has 0 radical (unpaired) electrons. The maximum absolute atomic E-state index is 13.4. The van der Waals surface area contributed by atoms with E-state index >= 15 is 0 Å². The fraction of sp³-hybridized carbons (Fsp3) is 0.0952. The van der Waals surface area contributed by atoms with Crippen LogP contribution in [0, 0.1) is 12.7 Å². The van der Waals surface area contributed by atoms with E-state index in [-0.39, 0.29) is 28.5 Å². The van der Waals surface area contributed by atoms with Crippen LogP contribution in [-0.2, 0) is 6.61 Å². The van der Waals surface area contributed by atoms with Crippen molar-refractivity contribution in [2.24, 2.45) is 0 Å². The zero-order chi connectivity index (χ0) is 22.1. The van der Waals surface area contributed by atoms with Gasteiger partial charge in [-0.1, -0.05) is 23.2 Å². The van der Waals surface area contributed by atoms with E-state index < -0.39 is 11.7 Å². The summed E-state index contributed by atoms with van der Waals surface area (Å²) in [7, 11) is 0. The highest BCUT2D eigenvalue weighted by molar-refractivity contribution is 6.31. The summed E-state index contributed by atoms with van der Waals surface area (Å²) in [4.78, 5) is 29.0. The first-order valence-corrected chi connectivity index (χ1v) is 9.74. The molecule has 7 nitrogen and oxygen atoms in total. The highest BCUT2D eigenvalue weighted by Crippen LogP contribution is 2.29. The van der Waals surface area contributed by atoms with Crippen LogP contribution in [-0.4, -0.2) is 15.5 Å². The first-order chi connectivity index (χ1) is 14.8. The molecular weight excluding hydrogens is 448 g/mol. The third-order valence-electron chi connectivity index (χ3n) is 4.27. The Morgan fingerprint density at radius 3 is 2.77 bits per heavy atom. The summed E-state index contributed by atoms with van der Waals surface area (Å²) in [5, 5.41) is 2.89. The molecule has 0 aliphatic carbocycles. The largest absolute Gasteiger partial charge is 0.485 e. The van der Waals surface area contributed by atoms with Gasteiger partial charge in [-0.05, 0) is 37.3 Å². The van der Waals surface area contributed by atoms with Gasteiger partial charge in [0.15, 0.2) is 5.65 Å². The molecule has 0 unspecified atom stereocenters. The topological polar surface area (TPSA) is 85.8 Å². The van der Waals surface area contributed by atoms with Crippen molar-refractivity contribution in [3.05, 3.63) is 91.8 Å². The number of aryl methyl sites for hydroxylation is 1. The number of hydrogen-bond acceptors (Lipinski definition) is 5. The number of fused-ring (bicyclic) bond motifs is 1. The quantitative estimate of drug-likeness (QED) is 0.457. The Labute approximate surface area is 184 Å². The normalized spacial score (nSPS) is 11.0. The number of nitrogens with one attached hydrogen (secondary N) is 1. The third kappa shape index (κ3) is 4.55. The predicted molar refractivity (Wildman–Crippen MR) is 114 cm³/mol. The van der Waals surface area contributed by atoms with Gasteiger partial charge >= 0.3 is 0 Å². The molecule has 158 valence electrons. The Bertz CT molecular complexity index is 1370. The summed E-state index contributed by atoms with van der Waals surface area (Å²) in [6.45, 7) is 1.65. The van der Waals surface area contributed by atoms with Crippen LogP contribution in [0.25, 0.3) is 5.65 Å². The number of nitrogens with zero attached hydrogens (tertiary/aromatic N) is 2. The Kier molecular flexibility index (Phi) is 5.67. The van der Waals surface area contributed by atoms with Gasteiger partial charge in [0.2, 0.25) is 0 Å². The van der Waals surface area contributed by atoms with E-state index in [9.17, 15) is 14.0 Å². The molecule has 0 fully saturated rings. The molecule has 4 rings (SSSR count). The molecule has 0 saturated heterocycles. The molecule has 2 aromatic heterocycles. The first kappa shape index (κ1) is 20.9. The SMILES string of the molecule is Cc1cc2nc(COc3cc(Cl)ccc3NC(=O)c3ccc(F)c(Cl)c3)cc(=O)n2o1. The molecule has 2 aromatic carbocycles. The molecule has 1 amide bonds. The zero-order valence-electron chi connectivity index (χ0n) is 16.0. The number of amides is 1. The van der Waals surface area contributed by atoms with Gasteiger partial charge in [0.05, 0.1) is 16.4 Å². The Morgan fingerprint density at radius 2 is 2.00 bits per heavy atom. The summed E-state index contributed by atoms with van der Waals surface area (Å²) in [5.41, 5.74) is 0.837. The van der Waals surface area contributed by atoms with E-state index in [1.54, 1.807) is 25.1 Å². The summed E-state index contributed by atoms with van der Waals surface area (Å²) < 4.78 is 25.5. The van der Waals surface area contributed by atoms with E-state index in [1.165, 1.54) is 24.3 Å². The molecule has 1 N–H and O–H groups in total. The molecule has 2 heterocycles. The number of aromatic nitrogens is 2. The molecule has 0 aliphatic heterocycles. The molecule has 10 heteroatoms. The van der Waals surface area contributed by atoms with Gasteiger partial charge in [-0.25, -0.2) is 9.37 Å². The molecule has 0 atom stereocenters. The number of rotatable bonds is 5. The smallest absolute Gasteiger partial charge is 0.287 e. The van der Waals surface area contributed by atoms with Gasteiger partial charge in [0.25, 0.3) is 11.5 Å². The molecule has 4 aromatic rings. The minimum atomic E-state index is -0.623. The van der Waals surface area contributed by atoms with Crippen molar-refractivity contribution < 1.29 is 18.4 Å². The van der Waals surface area contributed by atoms with Crippen molar-refractivity contribution in [3.8, 4) is 5.75 Å². The van der Waals surface area contributed by atoms with E-state index in [4.69, 9.17) is 32.5 Å². The number of ether oxygens (including phenoxy) is 1. The highest BCUT2D eigenvalue weighted by Gasteiger charge is 2.14. The van der Waals surface area contributed by atoms with Crippen molar-refractivity contribution in [2.75, 3.05) is 5.32 Å². The van der Waals surface area contributed by atoms with Gasteiger partial charge in [-0.15, -0.1) is 4.57 Å². The van der Waals surface area contributed by atoms with Gasteiger partial charge in [-0.3, -0.25) is 9.59 Å². The van der Waals surface area contributed by atoms with Crippen molar-refractivity contribution in [1.29, 1.82) is 0 Å². The molecular formula is C21H14Cl2FN3O4. The van der Waals surface area contributed by atoms with Crippen LogP contribution in [0.4, 0.5) is 10.1 Å². The molecule has 31 heavy (non-hydrogen) atoms. The second-order valence-electron chi connectivity index (χ2n) is 6.60. The lowest BCUT2D eigenvalue weighted by molar-refractivity contribution is 0.102. The molecule has 0 spiro atoms. The van der Waals surface area contributed by atoms with Crippen molar-refractivity contribution in [1.82, 2.24) is 9.56 Å². The van der Waals surface area contributed by atoms with Gasteiger partial charge in [-0.2, -0.15) is 0 Å². The van der Waals surface area contributed by atoms with Crippen LogP contribution >= 0.6 is 23.2 Å². The lowest BCUT2D eigenvalue weighted by Gasteiger charge is -2.13. The molecule has 0 aliphatic rings. The third-order valence-corrected chi connectivity index (χ3v) is 4.80. The van der Waals surface area contributed by atoms with E-state index in [2.05, 4.69) is 10.3 Å². The van der Waals surface area contributed by atoms with Gasteiger partial charge in [0, 0.05) is 28.8 Å². The lowest BCUT2D eigenvalue weighted by atomic mass is 10.2. The summed E-state index contributed by atoms with van der Waals surface area (Å²) >= 11 is 11.8. The number of halogens is 3. The zero-order valence-corrected chi connectivity index (χ0v) is 17.5. The number of carbonyl (C=O) groups excluding carboxylic acids is 1. The first-order valence-electron chi connectivity index (χ1n) is 8.98. The number of carbonyl (C=O) groups is 1. The second kappa shape index (κ2) is 8.41.